The van der Waals surface area contributed by atoms with Crippen molar-refractivity contribution in [3.05, 3.63) is 29.8 Å². The normalized spacial score (nSPS) is 16.8. The Labute approximate surface area is 154 Å². The van der Waals surface area contributed by atoms with Crippen LogP contribution in [0.15, 0.2) is 29.2 Å². The molecule has 0 bridgehead atoms. The summed E-state index contributed by atoms with van der Waals surface area (Å²) in [5.74, 6) is -1.32. The van der Waals surface area contributed by atoms with Crippen molar-refractivity contribution < 1.29 is 23.1 Å². The molecule has 0 unspecified atom stereocenters. The molecule has 1 aromatic carbocycles. The molecule has 1 aliphatic rings. The van der Waals surface area contributed by atoms with Gasteiger partial charge in [-0.05, 0) is 51.0 Å². The van der Waals surface area contributed by atoms with Crippen LogP contribution in [0.3, 0.4) is 0 Å². The zero-order valence-electron chi connectivity index (χ0n) is 15.4. The monoisotopic (exact) mass is 382 g/mol. The van der Waals surface area contributed by atoms with Gasteiger partial charge in [-0.2, -0.15) is 4.31 Å². The second-order valence-corrected chi connectivity index (χ2v) is 9.15. The second-order valence-electron chi connectivity index (χ2n) is 7.15. The van der Waals surface area contributed by atoms with Crippen molar-refractivity contribution in [1.29, 1.82) is 0 Å². The van der Waals surface area contributed by atoms with E-state index < -0.39 is 21.5 Å². The van der Waals surface area contributed by atoms with Crippen molar-refractivity contribution >= 4 is 21.9 Å². The predicted octanol–water partition coefficient (Wildman–Crippen LogP) is 2.23. The van der Waals surface area contributed by atoms with Crippen molar-refractivity contribution in [3.63, 3.8) is 0 Å². The standard InChI is InChI=1S/C18H26N2O5S/c1-13(2)20(3)26(24,25)15-8-6-14(7-9-15)17(23)19-18(12-16(21)22)10-4-5-11-18/h6-9,13H,4-5,10-12H2,1-3H3,(H,19,23)(H,21,22). The summed E-state index contributed by atoms with van der Waals surface area (Å²) >= 11 is 0. The Morgan fingerprint density at radius 1 is 1.19 bits per heavy atom. The van der Waals surface area contributed by atoms with Crippen LogP contribution >= 0.6 is 0 Å². The van der Waals surface area contributed by atoms with Gasteiger partial charge in [-0.1, -0.05) is 12.8 Å². The maximum absolute atomic E-state index is 12.5. The smallest absolute Gasteiger partial charge is 0.305 e. The van der Waals surface area contributed by atoms with E-state index in [9.17, 15) is 18.0 Å². The van der Waals surface area contributed by atoms with Gasteiger partial charge in [0.05, 0.1) is 16.9 Å². The number of nitrogens with one attached hydrogen (secondary N) is 1. The quantitative estimate of drug-likeness (QED) is 0.753. The van der Waals surface area contributed by atoms with Crippen molar-refractivity contribution in [3.8, 4) is 0 Å². The number of benzene rings is 1. The van der Waals surface area contributed by atoms with Gasteiger partial charge < -0.3 is 10.4 Å². The number of sulfonamides is 1. The van der Waals surface area contributed by atoms with Crippen LogP contribution in [0, 0.1) is 0 Å². The van der Waals surface area contributed by atoms with E-state index in [-0.39, 0.29) is 23.3 Å². The molecule has 144 valence electrons. The summed E-state index contributed by atoms with van der Waals surface area (Å²) in [6, 6.07) is 5.55. The fourth-order valence-electron chi connectivity index (χ4n) is 3.22. The summed E-state index contributed by atoms with van der Waals surface area (Å²) in [6.07, 6.45) is 2.93. The molecule has 0 saturated heterocycles. The Morgan fingerprint density at radius 2 is 1.73 bits per heavy atom. The van der Waals surface area contributed by atoms with Crippen LogP contribution in [0.1, 0.15) is 56.3 Å². The molecule has 1 saturated carbocycles. The second kappa shape index (κ2) is 7.75. The lowest BCUT2D eigenvalue weighted by Gasteiger charge is -2.28. The minimum absolute atomic E-state index is 0.107. The van der Waals surface area contributed by atoms with Gasteiger partial charge in [0.1, 0.15) is 0 Å². The summed E-state index contributed by atoms with van der Waals surface area (Å²) in [7, 11) is -2.10. The average Bonchev–Trinajstić information content (AvgIpc) is 3.01. The lowest BCUT2D eigenvalue weighted by atomic mass is 9.92. The molecule has 26 heavy (non-hydrogen) atoms. The van der Waals surface area contributed by atoms with Gasteiger partial charge in [-0.15, -0.1) is 0 Å². The lowest BCUT2D eigenvalue weighted by molar-refractivity contribution is -0.138. The number of rotatable bonds is 7. The van der Waals surface area contributed by atoms with Crippen LogP contribution in [0.4, 0.5) is 0 Å². The molecule has 1 amide bonds. The maximum Gasteiger partial charge on any atom is 0.305 e. The Bertz CT molecular complexity index is 765. The molecule has 7 nitrogen and oxygen atoms in total. The molecular weight excluding hydrogens is 356 g/mol. The largest absolute Gasteiger partial charge is 0.481 e. The van der Waals surface area contributed by atoms with E-state index in [0.717, 1.165) is 12.8 Å². The Morgan fingerprint density at radius 3 is 2.19 bits per heavy atom. The van der Waals surface area contributed by atoms with E-state index in [4.69, 9.17) is 5.11 Å². The zero-order chi connectivity index (χ0) is 19.5. The molecule has 0 atom stereocenters. The van der Waals surface area contributed by atoms with Crippen LogP contribution in [-0.4, -0.2) is 48.3 Å². The minimum atomic E-state index is -3.61. The number of hydrogen-bond acceptors (Lipinski definition) is 4. The lowest BCUT2D eigenvalue weighted by Crippen LogP contribution is -2.47. The van der Waals surface area contributed by atoms with Gasteiger partial charge in [-0.3, -0.25) is 9.59 Å². The minimum Gasteiger partial charge on any atom is -0.481 e. The van der Waals surface area contributed by atoms with E-state index in [2.05, 4.69) is 5.32 Å². The molecule has 0 heterocycles. The van der Waals surface area contributed by atoms with Gasteiger partial charge in [0.25, 0.3) is 5.91 Å². The van der Waals surface area contributed by atoms with Crippen LogP contribution in [0.5, 0.6) is 0 Å². The first-order valence-electron chi connectivity index (χ1n) is 8.70. The molecule has 2 rings (SSSR count). The highest BCUT2D eigenvalue weighted by Gasteiger charge is 2.37. The summed E-state index contributed by atoms with van der Waals surface area (Å²) in [4.78, 5) is 23.8. The predicted molar refractivity (Wildman–Crippen MR) is 97.4 cm³/mol. The molecule has 0 radical (unpaired) electrons. The molecule has 0 aliphatic heterocycles. The van der Waals surface area contributed by atoms with Gasteiger partial charge in [0.15, 0.2) is 0 Å². The van der Waals surface area contributed by atoms with Crippen LogP contribution in [-0.2, 0) is 14.8 Å². The first-order valence-corrected chi connectivity index (χ1v) is 10.1. The Kier molecular flexibility index (Phi) is 6.08. The van der Waals surface area contributed by atoms with Gasteiger partial charge in [0, 0.05) is 18.7 Å². The molecule has 0 spiro atoms. The third-order valence-electron chi connectivity index (χ3n) is 4.95. The Hall–Kier alpha value is -1.93. The number of hydrogen-bond donors (Lipinski definition) is 2. The van der Waals surface area contributed by atoms with Crippen molar-refractivity contribution in [2.75, 3.05) is 7.05 Å². The zero-order valence-corrected chi connectivity index (χ0v) is 16.2. The van der Waals surface area contributed by atoms with Crippen LogP contribution in [0.25, 0.3) is 0 Å². The number of carbonyl (C=O) groups excluding carboxylic acids is 1. The molecular formula is C18H26N2O5S. The number of aliphatic carboxylic acids is 1. The highest BCUT2D eigenvalue weighted by molar-refractivity contribution is 7.89. The third kappa shape index (κ3) is 4.42. The van der Waals surface area contributed by atoms with E-state index in [1.165, 1.54) is 35.6 Å². The van der Waals surface area contributed by atoms with Gasteiger partial charge >= 0.3 is 5.97 Å². The van der Waals surface area contributed by atoms with Crippen molar-refractivity contribution in [1.82, 2.24) is 9.62 Å². The highest BCUT2D eigenvalue weighted by atomic mass is 32.2. The van der Waals surface area contributed by atoms with E-state index in [1.807, 2.05) is 0 Å². The molecule has 0 aromatic heterocycles. The molecule has 2 N–H and O–H groups in total. The first-order chi connectivity index (χ1) is 12.1. The SMILES string of the molecule is CC(C)N(C)S(=O)(=O)c1ccc(C(=O)NC2(CC(=O)O)CCCC2)cc1. The van der Waals surface area contributed by atoms with Gasteiger partial charge in [0.2, 0.25) is 10.0 Å². The molecule has 1 aliphatic carbocycles. The van der Waals surface area contributed by atoms with E-state index in [0.29, 0.717) is 18.4 Å². The fourth-order valence-corrected chi connectivity index (χ4v) is 4.59. The molecule has 8 heteroatoms. The summed E-state index contributed by atoms with van der Waals surface area (Å²) in [6.45, 7) is 3.56. The number of carbonyl (C=O) groups is 2. The number of amides is 1. The topological polar surface area (TPSA) is 104 Å². The Balaban J connectivity index is 2.17. The summed E-state index contributed by atoms with van der Waals surface area (Å²) < 4.78 is 26.2. The average molecular weight is 382 g/mol. The maximum atomic E-state index is 12.5. The highest BCUT2D eigenvalue weighted by Crippen LogP contribution is 2.33. The van der Waals surface area contributed by atoms with Crippen molar-refractivity contribution in [2.24, 2.45) is 0 Å². The molecule has 1 fully saturated rings. The van der Waals surface area contributed by atoms with E-state index in [1.54, 1.807) is 13.8 Å². The van der Waals surface area contributed by atoms with Crippen LogP contribution < -0.4 is 5.32 Å². The first kappa shape index (κ1) is 20.4. The van der Waals surface area contributed by atoms with Gasteiger partial charge in [-0.25, -0.2) is 8.42 Å². The number of nitrogens with zero attached hydrogens (tertiary/aromatic N) is 1. The number of carboxylic acids is 1. The third-order valence-corrected chi connectivity index (χ3v) is 7.00. The fraction of sp³-hybridized carbons (Fsp3) is 0.556. The number of carboxylic acid groups (broad SMARTS) is 1. The molecule has 1 aromatic rings. The summed E-state index contributed by atoms with van der Waals surface area (Å²) in [5.41, 5.74) is -0.404. The van der Waals surface area contributed by atoms with E-state index >= 15 is 0 Å². The van der Waals surface area contributed by atoms with Crippen LogP contribution in [0.2, 0.25) is 0 Å². The van der Waals surface area contributed by atoms with Crippen molar-refractivity contribution in [2.45, 2.75) is 62.4 Å². The summed E-state index contributed by atoms with van der Waals surface area (Å²) in [5, 5.41) is 12.0.